The number of hydrogen-bond acceptors (Lipinski definition) is 2. The fraction of sp³-hybridized carbons (Fsp3) is 0.118. The number of halogens is 4. The van der Waals surface area contributed by atoms with E-state index in [1.54, 1.807) is 30.3 Å². The lowest BCUT2D eigenvalue weighted by molar-refractivity contribution is -0.0544. The Kier molecular flexibility index (Phi) is 6.04. The Morgan fingerprint density at radius 2 is 1.70 bits per heavy atom. The summed E-state index contributed by atoms with van der Waals surface area (Å²) < 4.78 is 42.2. The van der Waals surface area contributed by atoms with E-state index < -0.39 is 9.89 Å². The van der Waals surface area contributed by atoms with Crippen LogP contribution in [0, 0.1) is 11.8 Å². The molecule has 0 atom stereocenters. The van der Waals surface area contributed by atoms with Crippen LogP contribution in [-0.2, 0) is 0 Å². The first-order valence-corrected chi connectivity index (χ1v) is 7.62. The lowest BCUT2D eigenvalue weighted by Gasteiger charge is -2.04. The van der Waals surface area contributed by atoms with E-state index >= 15 is 0 Å². The third-order valence-corrected chi connectivity index (χ3v) is 3.49. The van der Waals surface area contributed by atoms with Crippen LogP contribution in [0.2, 0.25) is 0 Å². The predicted octanol–water partition coefficient (Wildman–Crippen LogP) is 5.14. The lowest BCUT2D eigenvalue weighted by atomic mass is 10.2. The minimum Gasteiger partial charge on any atom is -0.481 e. The summed E-state index contributed by atoms with van der Waals surface area (Å²) in [6, 6.07) is 15.6. The minimum atomic E-state index is -4.46. The molecule has 0 aliphatic carbocycles. The van der Waals surface area contributed by atoms with Gasteiger partial charge in [0.05, 0.1) is 11.3 Å². The molecule has 0 spiro atoms. The Bertz CT molecular complexity index is 746. The zero-order valence-electron chi connectivity index (χ0n) is 11.8. The molecule has 0 radical (unpaired) electrons. The van der Waals surface area contributed by atoms with Crippen molar-refractivity contribution in [2.75, 3.05) is 6.61 Å². The third kappa shape index (κ3) is 5.60. The van der Waals surface area contributed by atoms with E-state index in [2.05, 4.69) is 16.8 Å². The summed E-state index contributed by atoms with van der Waals surface area (Å²) in [7, 11) is 0. The second kappa shape index (κ2) is 8.02. The molecule has 23 heavy (non-hydrogen) atoms. The molecule has 2 rings (SSSR count). The van der Waals surface area contributed by atoms with Gasteiger partial charge in [0.1, 0.15) is 12.4 Å². The third-order valence-electron chi connectivity index (χ3n) is 2.63. The van der Waals surface area contributed by atoms with Crippen molar-refractivity contribution in [3.8, 4) is 17.6 Å². The van der Waals surface area contributed by atoms with Crippen molar-refractivity contribution in [3.05, 3.63) is 60.2 Å². The van der Waals surface area contributed by atoms with E-state index in [9.17, 15) is 13.2 Å². The zero-order valence-corrected chi connectivity index (χ0v) is 13.9. The van der Waals surface area contributed by atoms with Crippen LogP contribution < -0.4 is 4.74 Å². The summed E-state index contributed by atoms with van der Waals surface area (Å²) >= 11 is 1.17. The van der Waals surface area contributed by atoms with Gasteiger partial charge >= 0.3 is 6.18 Å². The van der Waals surface area contributed by atoms with Crippen LogP contribution in [0.1, 0.15) is 5.56 Å². The highest BCUT2D eigenvalue weighted by molar-refractivity contribution is 14.1. The van der Waals surface area contributed by atoms with Crippen molar-refractivity contribution in [3.63, 3.8) is 0 Å². The number of alkyl halides is 3. The maximum atomic E-state index is 12.6. The molecule has 2 aromatic rings. The number of benzene rings is 2. The van der Waals surface area contributed by atoms with Crippen LogP contribution in [0.5, 0.6) is 5.75 Å². The van der Waals surface area contributed by atoms with Crippen molar-refractivity contribution < 1.29 is 17.9 Å². The first kappa shape index (κ1) is 17.3. The Morgan fingerprint density at radius 1 is 1.04 bits per heavy atom. The summed E-state index contributed by atoms with van der Waals surface area (Å²) in [5.41, 5.74) is 0.601. The van der Waals surface area contributed by atoms with Crippen molar-refractivity contribution in [1.29, 1.82) is 0 Å². The molecule has 0 bridgehead atoms. The maximum absolute atomic E-state index is 12.6. The van der Waals surface area contributed by atoms with Gasteiger partial charge in [0.15, 0.2) is 3.72 Å². The monoisotopic (exact) mass is 429 g/mol. The van der Waals surface area contributed by atoms with Crippen molar-refractivity contribution in [1.82, 2.24) is 0 Å². The number of aliphatic imine (C=N–C) groups is 1. The van der Waals surface area contributed by atoms with Crippen LogP contribution in [-0.4, -0.2) is 16.5 Å². The standard InChI is InChI=1S/C17H11F3INO/c18-17(19,20)16(21)22-15-11-5-4-7-13(15)8-6-12-23-14-9-2-1-3-10-14/h1-5,7,9-11H,12H2. The van der Waals surface area contributed by atoms with Gasteiger partial charge in [0.25, 0.3) is 0 Å². The van der Waals surface area contributed by atoms with E-state index in [1.807, 2.05) is 18.2 Å². The van der Waals surface area contributed by atoms with E-state index in [4.69, 9.17) is 4.74 Å². The molecule has 2 aromatic carbocycles. The van der Waals surface area contributed by atoms with E-state index in [-0.39, 0.29) is 12.3 Å². The van der Waals surface area contributed by atoms with Gasteiger partial charge in [-0.3, -0.25) is 0 Å². The maximum Gasteiger partial charge on any atom is 0.439 e. The van der Waals surface area contributed by atoms with Crippen LogP contribution in [0.3, 0.4) is 0 Å². The SMILES string of the molecule is FC(F)(F)C(I)=Nc1ccccc1C#CCOc1ccccc1. The Morgan fingerprint density at radius 3 is 2.39 bits per heavy atom. The van der Waals surface area contributed by atoms with Gasteiger partial charge in [-0.05, 0) is 46.9 Å². The summed E-state index contributed by atoms with van der Waals surface area (Å²) in [4.78, 5) is 3.60. The first-order chi connectivity index (χ1) is 11.0. The normalized spacial score (nSPS) is 11.6. The average Bonchev–Trinajstić information content (AvgIpc) is 2.53. The fourth-order valence-electron chi connectivity index (χ4n) is 1.61. The minimum absolute atomic E-state index is 0.137. The van der Waals surface area contributed by atoms with Gasteiger partial charge in [-0.25, -0.2) is 4.99 Å². The predicted molar refractivity (Wildman–Crippen MR) is 92.4 cm³/mol. The molecule has 0 aliphatic heterocycles. The Hall–Kier alpha value is -2.01. The summed E-state index contributed by atoms with van der Waals surface area (Å²) in [6.45, 7) is 0.137. The molecule has 0 N–H and O–H groups in total. The quantitative estimate of drug-likeness (QED) is 0.376. The van der Waals surface area contributed by atoms with Crippen LogP contribution in [0.4, 0.5) is 18.9 Å². The van der Waals surface area contributed by atoms with Crippen LogP contribution in [0.25, 0.3) is 0 Å². The van der Waals surface area contributed by atoms with Gasteiger partial charge < -0.3 is 4.74 Å². The molecular formula is C17H11F3INO. The highest BCUT2D eigenvalue weighted by Gasteiger charge is 2.33. The smallest absolute Gasteiger partial charge is 0.439 e. The Labute approximate surface area is 145 Å². The molecule has 0 unspecified atom stereocenters. The molecule has 0 aliphatic rings. The number of rotatable bonds is 3. The summed E-state index contributed by atoms with van der Waals surface area (Å²) in [6.07, 6.45) is -4.46. The highest BCUT2D eigenvalue weighted by Crippen LogP contribution is 2.26. The second-order valence-corrected chi connectivity index (χ2v) is 5.34. The lowest BCUT2D eigenvalue weighted by Crippen LogP contribution is -2.16. The number of para-hydroxylation sites is 2. The van der Waals surface area contributed by atoms with Gasteiger partial charge in [0, 0.05) is 0 Å². The first-order valence-electron chi connectivity index (χ1n) is 6.54. The zero-order chi connectivity index (χ0) is 16.7. The van der Waals surface area contributed by atoms with Gasteiger partial charge in [-0.15, -0.1) is 0 Å². The molecule has 2 nitrogen and oxygen atoms in total. The molecule has 0 heterocycles. The number of hydrogen-bond donors (Lipinski definition) is 0. The molecule has 0 aromatic heterocycles. The number of nitrogens with zero attached hydrogens (tertiary/aromatic N) is 1. The van der Waals surface area contributed by atoms with Crippen LogP contribution in [0.15, 0.2) is 59.6 Å². The van der Waals surface area contributed by atoms with E-state index in [0.29, 0.717) is 11.3 Å². The van der Waals surface area contributed by atoms with Crippen molar-refractivity contribution >= 4 is 32.0 Å². The molecule has 0 saturated carbocycles. The highest BCUT2D eigenvalue weighted by atomic mass is 127. The fourth-order valence-corrected chi connectivity index (χ4v) is 1.87. The van der Waals surface area contributed by atoms with Gasteiger partial charge in [-0.1, -0.05) is 42.2 Å². The van der Waals surface area contributed by atoms with Crippen molar-refractivity contribution in [2.24, 2.45) is 4.99 Å². The van der Waals surface area contributed by atoms with Crippen molar-refractivity contribution in [2.45, 2.75) is 6.18 Å². The average molecular weight is 429 g/mol. The van der Waals surface area contributed by atoms with Gasteiger partial charge in [0.2, 0.25) is 0 Å². The topological polar surface area (TPSA) is 21.6 Å². The summed E-state index contributed by atoms with van der Waals surface area (Å²) in [5.74, 6) is 6.25. The molecule has 6 heteroatoms. The summed E-state index contributed by atoms with van der Waals surface area (Å²) in [5, 5.41) is 0. The largest absolute Gasteiger partial charge is 0.481 e. The number of ether oxygens (including phenoxy) is 1. The van der Waals surface area contributed by atoms with Gasteiger partial charge in [-0.2, -0.15) is 13.2 Å². The molecule has 0 saturated heterocycles. The molecular weight excluding hydrogens is 418 g/mol. The Balaban J connectivity index is 2.11. The van der Waals surface area contributed by atoms with Crippen LogP contribution >= 0.6 is 22.6 Å². The molecule has 118 valence electrons. The van der Waals surface area contributed by atoms with E-state index in [1.165, 1.54) is 28.7 Å². The van der Waals surface area contributed by atoms with E-state index in [0.717, 1.165) is 0 Å². The molecule has 0 amide bonds. The molecule has 0 fully saturated rings. The second-order valence-electron chi connectivity index (χ2n) is 4.32.